The number of carbonyl (C=O) groups is 1. The van der Waals surface area contributed by atoms with Gasteiger partial charge in [0.05, 0.1) is 18.0 Å². The second kappa shape index (κ2) is 7.57. The van der Waals surface area contributed by atoms with Crippen LogP contribution in [0.4, 0.5) is 0 Å². The van der Waals surface area contributed by atoms with E-state index in [0.717, 1.165) is 12.7 Å². The van der Waals surface area contributed by atoms with E-state index >= 15 is 0 Å². The molecule has 24 heavy (non-hydrogen) atoms. The summed E-state index contributed by atoms with van der Waals surface area (Å²) in [5.74, 6) is -0.921. The first-order chi connectivity index (χ1) is 11.3. The molecule has 2 N–H and O–H groups in total. The van der Waals surface area contributed by atoms with Gasteiger partial charge in [-0.3, -0.25) is 0 Å². The monoisotopic (exact) mass is 349 g/mol. The molecule has 0 spiro atoms. The van der Waals surface area contributed by atoms with Crippen LogP contribution < -0.4 is 4.72 Å². The summed E-state index contributed by atoms with van der Waals surface area (Å²) in [6.45, 7) is 1.84. The second-order valence-electron chi connectivity index (χ2n) is 5.29. The van der Waals surface area contributed by atoms with Crippen LogP contribution in [0.25, 0.3) is 0 Å². The van der Waals surface area contributed by atoms with Crippen LogP contribution in [-0.4, -0.2) is 32.7 Å². The Balaban J connectivity index is 2.37. The van der Waals surface area contributed by atoms with E-state index in [1.54, 1.807) is 42.5 Å². The Labute approximate surface area is 141 Å². The van der Waals surface area contributed by atoms with Gasteiger partial charge in [-0.25, -0.2) is 17.9 Å². The van der Waals surface area contributed by atoms with Crippen molar-refractivity contribution in [2.45, 2.75) is 24.0 Å². The minimum absolute atomic E-state index is 0.0473. The summed E-state index contributed by atoms with van der Waals surface area (Å²) >= 11 is 0. The number of hydrogen-bond acceptors (Lipinski definition) is 5. The van der Waals surface area contributed by atoms with E-state index in [2.05, 4.69) is 9.46 Å². The van der Waals surface area contributed by atoms with Crippen LogP contribution in [0.5, 0.6) is 0 Å². The number of rotatable bonds is 6. The Morgan fingerprint density at radius 1 is 1.08 bits per heavy atom. The van der Waals surface area contributed by atoms with Gasteiger partial charge in [0, 0.05) is 0 Å². The van der Waals surface area contributed by atoms with Gasteiger partial charge >= 0.3 is 5.97 Å². The Hall–Kier alpha value is -2.22. The Morgan fingerprint density at radius 3 is 2.21 bits per heavy atom. The number of methoxy groups -OCH3 is 1. The average Bonchev–Trinajstić information content (AvgIpc) is 2.59. The van der Waals surface area contributed by atoms with Gasteiger partial charge in [0.25, 0.3) is 0 Å². The number of aliphatic hydroxyl groups excluding tert-OH is 1. The lowest BCUT2D eigenvalue weighted by molar-refractivity contribution is -0.151. The maximum Gasteiger partial charge on any atom is 0.336 e. The lowest BCUT2D eigenvalue weighted by Gasteiger charge is -2.23. The van der Waals surface area contributed by atoms with Gasteiger partial charge in [0.1, 0.15) is 0 Å². The van der Waals surface area contributed by atoms with Gasteiger partial charge in [-0.15, -0.1) is 0 Å². The van der Waals surface area contributed by atoms with Crippen LogP contribution in [0.3, 0.4) is 0 Å². The lowest BCUT2D eigenvalue weighted by atomic mass is 10.0. The molecule has 6 nitrogen and oxygen atoms in total. The Morgan fingerprint density at radius 2 is 1.67 bits per heavy atom. The fraction of sp³-hybridized carbons (Fsp3) is 0.235. The van der Waals surface area contributed by atoms with Crippen LogP contribution in [0.1, 0.15) is 17.2 Å². The van der Waals surface area contributed by atoms with E-state index in [4.69, 9.17) is 0 Å². The summed E-state index contributed by atoms with van der Waals surface area (Å²) in [4.78, 5) is 11.7. The molecule has 2 atom stereocenters. The summed E-state index contributed by atoms with van der Waals surface area (Å²) < 4.78 is 32.0. The number of aliphatic hydroxyl groups is 1. The molecule has 0 aromatic heterocycles. The molecule has 2 aromatic rings. The molecule has 0 heterocycles. The van der Waals surface area contributed by atoms with Crippen molar-refractivity contribution >= 4 is 16.0 Å². The normalized spacial score (nSPS) is 14.0. The molecule has 0 amide bonds. The number of nitrogens with one attached hydrogen (secondary N) is 1. The Bertz CT molecular complexity index is 787. The third-order valence-electron chi connectivity index (χ3n) is 3.53. The molecule has 0 saturated heterocycles. The van der Waals surface area contributed by atoms with Crippen molar-refractivity contribution in [1.29, 1.82) is 0 Å². The molecule has 0 aliphatic rings. The SMILES string of the molecule is COC(=O)[C@H](O)[C@H](NS(=O)(=O)c1ccc(C)cc1)c1ccccc1. The predicted molar refractivity (Wildman–Crippen MR) is 88.7 cm³/mol. The van der Waals surface area contributed by atoms with E-state index in [9.17, 15) is 18.3 Å². The highest BCUT2D eigenvalue weighted by molar-refractivity contribution is 7.89. The van der Waals surface area contributed by atoms with Crippen LogP contribution in [-0.2, 0) is 19.6 Å². The van der Waals surface area contributed by atoms with E-state index in [1.807, 2.05) is 6.92 Å². The van der Waals surface area contributed by atoms with Crippen molar-refractivity contribution in [3.05, 3.63) is 65.7 Å². The van der Waals surface area contributed by atoms with Gasteiger partial charge in [-0.05, 0) is 24.6 Å². The molecule has 0 radical (unpaired) electrons. The summed E-state index contributed by atoms with van der Waals surface area (Å²) in [5.41, 5.74) is 1.37. The predicted octanol–water partition coefficient (Wildman–Crippen LogP) is 1.55. The molecule has 0 saturated carbocycles. The smallest absolute Gasteiger partial charge is 0.336 e. The molecule has 0 bridgehead atoms. The fourth-order valence-corrected chi connectivity index (χ4v) is 3.41. The average molecular weight is 349 g/mol. The second-order valence-corrected chi connectivity index (χ2v) is 7.00. The highest BCUT2D eigenvalue weighted by atomic mass is 32.2. The van der Waals surface area contributed by atoms with E-state index < -0.39 is 28.1 Å². The van der Waals surface area contributed by atoms with Crippen LogP contribution in [0.2, 0.25) is 0 Å². The number of benzene rings is 2. The summed E-state index contributed by atoms with van der Waals surface area (Å²) in [6, 6.07) is 13.5. The third kappa shape index (κ3) is 4.19. The maximum absolute atomic E-state index is 12.6. The van der Waals surface area contributed by atoms with Crippen molar-refractivity contribution in [3.63, 3.8) is 0 Å². The van der Waals surface area contributed by atoms with Gasteiger partial charge < -0.3 is 9.84 Å². The number of ether oxygens (including phenoxy) is 1. The van der Waals surface area contributed by atoms with Gasteiger partial charge in [-0.2, -0.15) is 0 Å². The number of aryl methyl sites for hydroxylation is 1. The highest BCUT2D eigenvalue weighted by Gasteiger charge is 2.32. The molecule has 2 aromatic carbocycles. The lowest BCUT2D eigenvalue weighted by Crippen LogP contribution is -2.40. The molecular formula is C17H19NO5S. The number of esters is 1. The number of carbonyl (C=O) groups excluding carboxylic acids is 1. The molecule has 128 valence electrons. The molecule has 0 unspecified atom stereocenters. The molecule has 0 aliphatic carbocycles. The molecule has 2 rings (SSSR count). The largest absolute Gasteiger partial charge is 0.467 e. The van der Waals surface area contributed by atoms with Crippen molar-refractivity contribution in [1.82, 2.24) is 4.72 Å². The van der Waals surface area contributed by atoms with Crippen molar-refractivity contribution < 1.29 is 23.1 Å². The summed E-state index contributed by atoms with van der Waals surface area (Å²) in [5, 5.41) is 10.2. The first kappa shape index (κ1) is 18.1. The number of sulfonamides is 1. The van der Waals surface area contributed by atoms with Crippen LogP contribution >= 0.6 is 0 Å². The third-order valence-corrected chi connectivity index (χ3v) is 4.99. The molecule has 0 fully saturated rings. The first-order valence-corrected chi connectivity index (χ1v) is 8.73. The zero-order chi connectivity index (χ0) is 17.7. The zero-order valence-corrected chi connectivity index (χ0v) is 14.2. The van der Waals surface area contributed by atoms with Crippen molar-refractivity contribution in [3.8, 4) is 0 Å². The van der Waals surface area contributed by atoms with Gasteiger partial charge in [0.2, 0.25) is 10.0 Å². The molecule has 7 heteroatoms. The van der Waals surface area contributed by atoms with E-state index in [1.165, 1.54) is 12.1 Å². The topological polar surface area (TPSA) is 92.7 Å². The fourth-order valence-electron chi connectivity index (χ4n) is 2.18. The molecule has 0 aliphatic heterocycles. The minimum atomic E-state index is -3.93. The quantitative estimate of drug-likeness (QED) is 0.772. The van der Waals surface area contributed by atoms with Gasteiger partial charge in [-0.1, -0.05) is 48.0 Å². The minimum Gasteiger partial charge on any atom is -0.467 e. The highest BCUT2D eigenvalue weighted by Crippen LogP contribution is 2.21. The summed E-state index contributed by atoms with van der Waals surface area (Å²) in [7, 11) is -2.80. The van der Waals surface area contributed by atoms with Gasteiger partial charge in [0.15, 0.2) is 6.10 Å². The standard InChI is InChI=1S/C17H19NO5S/c1-12-8-10-14(11-9-12)24(21,22)18-15(16(19)17(20)23-2)13-6-4-3-5-7-13/h3-11,15-16,18-19H,1-2H3/t15-,16-/m1/s1. The first-order valence-electron chi connectivity index (χ1n) is 7.25. The molecular weight excluding hydrogens is 330 g/mol. The van der Waals surface area contributed by atoms with Crippen molar-refractivity contribution in [2.24, 2.45) is 0 Å². The Kier molecular flexibility index (Phi) is 5.71. The number of hydrogen-bond donors (Lipinski definition) is 2. The van der Waals surface area contributed by atoms with Crippen molar-refractivity contribution in [2.75, 3.05) is 7.11 Å². The maximum atomic E-state index is 12.6. The zero-order valence-electron chi connectivity index (χ0n) is 13.3. The summed E-state index contributed by atoms with van der Waals surface area (Å²) in [6.07, 6.45) is -1.67. The van der Waals surface area contributed by atoms with Crippen LogP contribution in [0.15, 0.2) is 59.5 Å². The van der Waals surface area contributed by atoms with Crippen LogP contribution in [0, 0.1) is 6.92 Å². The van der Waals surface area contributed by atoms with E-state index in [-0.39, 0.29) is 4.90 Å². The van der Waals surface area contributed by atoms with E-state index in [0.29, 0.717) is 5.56 Å².